The molecule has 3 nitrogen and oxygen atoms in total. The monoisotopic (exact) mass is 201 g/mol. The fraction of sp³-hybridized carbons (Fsp3) is 0.333. The summed E-state index contributed by atoms with van der Waals surface area (Å²) in [5.74, 6) is -4.71. The van der Waals surface area contributed by atoms with Crippen LogP contribution < -0.4 is 0 Å². The number of carbonyl (C=O) groups is 1. The van der Waals surface area contributed by atoms with Crippen molar-refractivity contribution in [2.75, 3.05) is 0 Å². The van der Waals surface area contributed by atoms with Gasteiger partial charge in [0, 0.05) is 18.8 Å². The molecule has 0 saturated carbocycles. The van der Waals surface area contributed by atoms with Crippen LogP contribution in [-0.4, -0.2) is 22.0 Å². The SMILES string of the molecule is O=C(O)CC(F)(F)Cc1cccnc1. The van der Waals surface area contributed by atoms with Crippen LogP contribution in [0.25, 0.3) is 0 Å². The van der Waals surface area contributed by atoms with Crippen molar-refractivity contribution in [3.8, 4) is 0 Å². The van der Waals surface area contributed by atoms with Gasteiger partial charge in [0.05, 0.1) is 0 Å². The first kappa shape index (κ1) is 10.6. The standard InChI is InChI=1S/C9H9F2NO2/c10-9(11,5-8(13)14)4-7-2-1-3-12-6-7/h1-3,6H,4-5H2,(H,13,14). The molecule has 1 aromatic rings. The van der Waals surface area contributed by atoms with Gasteiger partial charge in [0.25, 0.3) is 5.92 Å². The van der Waals surface area contributed by atoms with Crippen molar-refractivity contribution in [3.63, 3.8) is 0 Å². The van der Waals surface area contributed by atoms with Crippen LogP contribution >= 0.6 is 0 Å². The number of aliphatic carboxylic acids is 1. The lowest BCUT2D eigenvalue weighted by Crippen LogP contribution is -2.23. The Morgan fingerprint density at radius 2 is 2.29 bits per heavy atom. The minimum absolute atomic E-state index is 0.332. The van der Waals surface area contributed by atoms with Crippen LogP contribution in [0.15, 0.2) is 24.5 Å². The summed E-state index contributed by atoms with van der Waals surface area (Å²) in [5, 5.41) is 8.23. The highest BCUT2D eigenvalue weighted by Crippen LogP contribution is 2.23. The normalized spacial score (nSPS) is 11.3. The maximum absolute atomic E-state index is 13.0. The van der Waals surface area contributed by atoms with E-state index in [-0.39, 0.29) is 0 Å². The zero-order valence-electron chi connectivity index (χ0n) is 7.28. The summed E-state index contributed by atoms with van der Waals surface area (Å²) in [6, 6.07) is 3.02. The number of nitrogens with zero attached hydrogens (tertiary/aromatic N) is 1. The number of alkyl halides is 2. The van der Waals surface area contributed by atoms with Crippen LogP contribution in [0.5, 0.6) is 0 Å². The van der Waals surface area contributed by atoms with Gasteiger partial charge in [-0.3, -0.25) is 9.78 Å². The van der Waals surface area contributed by atoms with Gasteiger partial charge in [-0.05, 0) is 11.6 Å². The molecular formula is C9H9F2NO2. The number of rotatable bonds is 4. The van der Waals surface area contributed by atoms with E-state index in [1.807, 2.05) is 0 Å². The molecule has 0 radical (unpaired) electrons. The van der Waals surface area contributed by atoms with Gasteiger partial charge < -0.3 is 5.11 Å². The topological polar surface area (TPSA) is 50.2 Å². The average molecular weight is 201 g/mol. The molecule has 76 valence electrons. The zero-order chi connectivity index (χ0) is 10.6. The van der Waals surface area contributed by atoms with Crippen molar-refractivity contribution in [1.82, 2.24) is 4.98 Å². The summed E-state index contributed by atoms with van der Waals surface area (Å²) >= 11 is 0. The molecular weight excluding hydrogens is 192 g/mol. The lowest BCUT2D eigenvalue weighted by atomic mass is 10.1. The second-order valence-electron chi connectivity index (χ2n) is 2.96. The van der Waals surface area contributed by atoms with Gasteiger partial charge >= 0.3 is 5.97 Å². The summed E-state index contributed by atoms with van der Waals surface area (Å²) in [5.41, 5.74) is 0.332. The third-order valence-corrected chi connectivity index (χ3v) is 1.60. The lowest BCUT2D eigenvalue weighted by Gasteiger charge is -2.13. The van der Waals surface area contributed by atoms with E-state index in [4.69, 9.17) is 5.11 Å². The highest BCUT2D eigenvalue weighted by molar-refractivity contribution is 5.67. The summed E-state index contributed by atoms with van der Waals surface area (Å²) in [6.07, 6.45) is 1.03. The molecule has 0 aromatic carbocycles. The van der Waals surface area contributed by atoms with Gasteiger partial charge in [0.2, 0.25) is 0 Å². The summed E-state index contributed by atoms with van der Waals surface area (Å²) in [7, 11) is 0. The Morgan fingerprint density at radius 3 is 2.79 bits per heavy atom. The molecule has 0 fully saturated rings. The summed E-state index contributed by atoms with van der Waals surface area (Å²) in [6.45, 7) is 0. The number of hydrogen-bond acceptors (Lipinski definition) is 2. The molecule has 14 heavy (non-hydrogen) atoms. The van der Waals surface area contributed by atoms with Crippen molar-refractivity contribution in [2.45, 2.75) is 18.8 Å². The van der Waals surface area contributed by atoms with E-state index in [9.17, 15) is 13.6 Å². The molecule has 1 heterocycles. The maximum Gasteiger partial charge on any atom is 0.309 e. The van der Waals surface area contributed by atoms with Crippen LogP contribution in [0.1, 0.15) is 12.0 Å². The first-order chi connectivity index (χ1) is 6.49. The molecule has 1 rings (SSSR count). The number of aromatic nitrogens is 1. The number of halogens is 2. The van der Waals surface area contributed by atoms with Crippen molar-refractivity contribution in [3.05, 3.63) is 30.1 Å². The van der Waals surface area contributed by atoms with Crippen LogP contribution in [0, 0.1) is 0 Å². The first-order valence-corrected chi connectivity index (χ1v) is 3.98. The van der Waals surface area contributed by atoms with Gasteiger partial charge in [-0.15, -0.1) is 0 Å². The highest BCUT2D eigenvalue weighted by atomic mass is 19.3. The van der Waals surface area contributed by atoms with Gasteiger partial charge in [0.15, 0.2) is 0 Å². The molecule has 0 unspecified atom stereocenters. The van der Waals surface area contributed by atoms with Gasteiger partial charge in [-0.1, -0.05) is 6.07 Å². The summed E-state index contributed by atoms with van der Waals surface area (Å²) in [4.78, 5) is 13.8. The van der Waals surface area contributed by atoms with E-state index in [1.165, 1.54) is 24.5 Å². The quantitative estimate of drug-likeness (QED) is 0.807. The fourth-order valence-electron chi connectivity index (χ4n) is 1.09. The maximum atomic E-state index is 13.0. The average Bonchev–Trinajstić information content (AvgIpc) is 2.02. The predicted molar refractivity (Wildman–Crippen MR) is 45.1 cm³/mol. The zero-order valence-corrected chi connectivity index (χ0v) is 7.28. The van der Waals surface area contributed by atoms with Crippen LogP contribution in [0.4, 0.5) is 8.78 Å². The van der Waals surface area contributed by atoms with Crippen molar-refractivity contribution < 1.29 is 18.7 Å². The largest absolute Gasteiger partial charge is 0.481 e. The molecule has 0 bridgehead atoms. The van der Waals surface area contributed by atoms with E-state index in [0.717, 1.165) is 0 Å². The molecule has 5 heteroatoms. The molecule has 0 amide bonds. The molecule has 0 saturated heterocycles. The molecule has 1 aromatic heterocycles. The predicted octanol–water partition coefficient (Wildman–Crippen LogP) is 1.73. The second kappa shape index (κ2) is 4.13. The van der Waals surface area contributed by atoms with E-state index in [2.05, 4.69) is 4.98 Å². The Kier molecular flexibility index (Phi) is 3.11. The Hall–Kier alpha value is -1.52. The van der Waals surface area contributed by atoms with Crippen LogP contribution in [0.2, 0.25) is 0 Å². The second-order valence-corrected chi connectivity index (χ2v) is 2.96. The highest BCUT2D eigenvalue weighted by Gasteiger charge is 2.32. The third kappa shape index (κ3) is 3.47. The Bertz CT molecular complexity index is 314. The molecule has 0 atom stereocenters. The Balaban J connectivity index is 2.63. The number of hydrogen-bond donors (Lipinski definition) is 1. The number of pyridine rings is 1. The lowest BCUT2D eigenvalue weighted by molar-refractivity contribution is -0.144. The van der Waals surface area contributed by atoms with Crippen LogP contribution in [-0.2, 0) is 11.2 Å². The van der Waals surface area contributed by atoms with Gasteiger partial charge in [0.1, 0.15) is 6.42 Å². The molecule has 1 N–H and O–H groups in total. The Morgan fingerprint density at radius 1 is 1.57 bits per heavy atom. The Labute approximate surface area is 79.4 Å². The number of carboxylic acids is 1. The van der Waals surface area contributed by atoms with Crippen molar-refractivity contribution in [2.24, 2.45) is 0 Å². The molecule has 0 spiro atoms. The van der Waals surface area contributed by atoms with E-state index < -0.39 is 24.7 Å². The number of carboxylic acid groups (broad SMARTS) is 1. The first-order valence-electron chi connectivity index (χ1n) is 3.98. The molecule has 0 aliphatic carbocycles. The minimum Gasteiger partial charge on any atom is -0.481 e. The summed E-state index contributed by atoms with van der Waals surface area (Å²) < 4.78 is 25.9. The fourth-order valence-corrected chi connectivity index (χ4v) is 1.09. The molecule has 0 aliphatic rings. The smallest absolute Gasteiger partial charge is 0.309 e. The van der Waals surface area contributed by atoms with Gasteiger partial charge in [-0.2, -0.15) is 0 Å². The van der Waals surface area contributed by atoms with Crippen LogP contribution in [0.3, 0.4) is 0 Å². The van der Waals surface area contributed by atoms with E-state index >= 15 is 0 Å². The third-order valence-electron chi connectivity index (χ3n) is 1.60. The minimum atomic E-state index is -3.21. The van der Waals surface area contributed by atoms with E-state index in [0.29, 0.717) is 5.56 Å². The van der Waals surface area contributed by atoms with Crippen molar-refractivity contribution in [1.29, 1.82) is 0 Å². The van der Waals surface area contributed by atoms with Crippen molar-refractivity contribution >= 4 is 5.97 Å². The molecule has 0 aliphatic heterocycles. The van der Waals surface area contributed by atoms with E-state index in [1.54, 1.807) is 0 Å². The van der Waals surface area contributed by atoms with Gasteiger partial charge in [-0.25, -0.2) is 8.78 Å².